The molecule has 3 aromatic rings. The Morgan fingerprint density at radius 1 is 1.14 bits per heavy atom. The summed E-state index contributed by atoms with van der Waals surface area (Å²) in [6.45, 7) is 2.13. The fraction of sp³-hybridized carbons (Fsp3) is 0.222. The van der Waals surface area contributed by atoms with Crippen LogP contribution in [0.3, 0.4) is 0 Å². The Balaban J connectivity index is 2.27. The highest BCUT2D eigenvalue weighted by molar-refractivity contribution is 6.30. The van der Waals surface area contributed by atoms with Crippen molar-refractivity contribution in [3.63, 3.8) is 0 Å². The lowest BCUT2D eigenvalue weighted by molar-refractivity contribution is 0.774. The molecular formula is C18H17ClN2O. The molecule has 0 amide bonds. The quantitative estimate of drug-likeness (QED) is 0.717. The van der Waals surface area contributed by atoms with Crippen molar-refractivity contribution in [2.24, 2.45) is 0 Å². The molecule has 0 aliphatic heterocycles. The summed E-state index contributed by atoms with van der Waals surface area (Å²) in [5, 5.41) is 0.660. The molecule has 0 unspecified atom stereocenters. The molecule has 4 heteroatoms. The summed E-state index contributed by atoms with van der Waals surface area (Å²) in [6, 6.07) is 13.0. The third kappa shape index (κ3) is 2.77. The lowest BCUT2D eigenvalue weighted by Gasteiger charge is -2.11. The van der Waals surface area contributed by atoms with Gasteiger partial charge in [0, 0.05) is 11.2 Å². The normalized spacial score (nSPS) is 11.0. The Kier molecular flexibility index (Phi) is 4.25. The largest absolute Gasteiger partial charge is 0.268 e. The number of pyridine rings is 1. The van der Waals surface area contributed by atoms with E-state index in [0.29, 0.717) is 16.2 Å². The number of unbranched alkanes of at least 4 members (excludes halogenated alkanes) is 1. The van der Waals surface area contributed by atoms with E-state index in [-0.39, 0.29) is 5.56 Å². The first kappa shape index (κ1) is 14.8. The number of fused-ring (bicyclic) bond motifs is 1. The van der Waals surface area contributed by atoms with Gasteiger partial charge in [0.1, 0.15) is 5.65 Å². The van der Waals surface area contributed by atoms with Crippen molar-refractivity contribution >= 4 is 17.2 Å². The van der Waals surface area contributed by atoms with Crippen LogP contribution in [0.4, 0.5) is 0 Å². The third-order valence-electron chi connectivity index (χ3n) is 3.71. The van der Waals surface area contributed by atoms with Crippen LogP contribution < -0.4 is 5.56 Å². The second kappa shape index (κ2) is 6.32. The smallest absolute Gasteiger partial charge is 0.265 e. The van der Waals surface area contributed by atoms with Gasteiger partial charge >= 0.3 is 0 Å². The van der Waals surface area contributed by atoms with Crippen molar-refractivity contribution in [2.45, 2.75) is 26.2 Å². The van der Waals surface area contributed by atoms with Crippen molar-refractivity contribution in [1.82, 2.24) is 9.38 Å². The molecule has 0 radical (unpaired) electrons. The number of halogens is 1. The van der Waals surface area contributed by atoms with E-state index < -0.39 is 0 Å². The molecule has 2 aromatic heterocycles. The maximum atomic E-state index is 12.9. The second-order valence-corrected chi connectivity index (χ2v) is 5.71. The van der Waals surface area contributed by atoms with E-state index in [9.17, 15) is 4.79 Å². The van der Waals surface area contributed by atoms with Crippen LogP contribution in [0.5, 0.6) is 0 Å². The molecule has 0 saturated heterocycles. The maximum absolute atomic E-state index is 12.9. The Bertz CT molecular complexity index is 853. The average Bonchev–Trinajstić information content (AvgIpc) is 2.54. The molecule has 0 atom stereocenters. The van der Waals surface area contributed by atoms with Crippen LogP contribution in [0, 0.1) is 0 Å². The molecular weight excluding hydrogens is 296 g/mol. The van der Waals surface area contributed by atoms with Gasteiger partial charge in [-0.3, -0.25) is 9.20 Å². The van der Waals surface area contributed by atoms with E-state index >= 15 is 0 Å². The van der Waals surface area contributed by atoms with Crippen LogP contribution >= 0.6 is 11.6 Å². The first-order valence-corrected chi connectivity index (χ1v) is 7.84. The molecule has 1 aromatic carbocycles. The molecule has 112 valence electrons. The van der Waals surface area contributed by atoms with Crippen molar-refractivity contribution in [2.75, 3.05) is 0 Å². The van der Waals surface area contributed by atoms with Gasteiger partial charge in [0.15, 0.2) is 0 Å². The summed E-state index contributed by atoms with van der Waals surface area (Å²) in [6.07, 6.45) is 4.63. The molecule has 3 nitrogen and oxygen atoms in total. The van der Waals surface area contributed by atoms with Crippen molar-refractivity contribution in [1.29, 1.82) is 0 Å². The predicted octanol–water partition coefficient (Wildman–Crippen LogP) is 4.36. The van der Waals surface area contributed by atoms with Gasteiger partial charge in [0.05, 0.1) is 11.3 Å². The summed E-state index contributed by atoms with van der Waals surface area (Å²) in [4.78, 5) is 17.6. The highest BCUT2D eigenvalue weighted by Crippen LogP contribution is 2.23. The minimum absolute atomic E-state index is 0.0287. The molecule has 0 aliphatic rings. The Morgan fingerprint density at radius 2 is 1.91 bits per heavy atom. The zero-order chi connectivity index (χ0) is 15.5. The van der Waals surface area contributed by atoms with Crippen LogP contribution in [0.2, 0.25) is 5.02 Å². The highest BCUT2D eigenvalue weighted by atomic mass is 35.5. The third-order valence-corrected chi connectivity index (χ3v) is 3.96. The van der Waals surface area contributed by atoms with Crippen molar-refractivity contribution in [3.05, 3.63) is 69.7 Å². The molecule has 0 saturated carbocycles. The number of aryl methyl sites for hydroxylation is 1. The summed E-state index contributed by atoms with van der Waals surface area (Å²) < 4.78 is 1.60. The predicted molar refractivity (Wildman–Crippen MR) is 90.5 cm³/mol. The highest BCUT2D eigenvalue weighted by Gasteiger charge is 2.14. The number of hydrogen-bond acceptors (Lipinski definition) is 2. The Morgan fingerprint density at radius 3 is 2.64 bits per heavy atom. The van der Waals surface area contributed by atoms with Gasteiger partial charge in [0.25, 0.3) is 5.56 Å². The Hall–Kier alpha value is -2.13. The lowest BCUT2D eigenvalue weighted by atomic mass is 10.0. The summed E-state index contributed by atoms with van der Waals surface area (Å²) in [7, 11) is 0. The maximum Gasteiger partial charge on any atom is 0.265 e. The monoisotopic (exact) mass is 312 g/mol. The van der Waals surface area contributed by atoms with Crippen LogP contribution in [0.1, 0.15) is 25.5 Å². The molecule has 0 aliphatic carbocycles. The van der Waals surface area contributed by atoms with E-state index in [4.69, 9.17) is 16.6 Å². The molecule has 22 heavy (non-hydrogen) atoms. The molecule has 3 rings (SSSR count). The number of aromatic nitrogens is 2. The number of nitrogens with zero attached hydrogens (tertiary/aromatic N) is 2. The topological polar surface area (TPSA) is 34.4 Å². The van der Waals surface area contributed by atoms with Gasteiger partial charge < -0.3 is 0 Å². The second-order valence-electron chi connectivity index (χ2n) is 5.28. The van der Waals surface area contributed by atoms with Crippen molar-refractivity contribution in [3.8, 4) is 11.1 Å². The molecule has 2 heterocycles. The molecule has 0 N–H and O–H groups in total. The van der Waals surface area contributed by atoms with E-state index in [0.717, 1.165) is 30.5 Å². The Labute approximate surface area is 134 Å². The first-order chi connectivity index (χ1) is 10.7. The number of benzene rings is 1. The fourth-order valence-electron chi connectivity index (χ4n) is 2.57. The van der Waals surface area contributed by atoms with Crippen molar-refractivity contribution < 1.29 is 0 Å². The molecule has 0 bridgehead atoms. The van der Waals surface area contributed by atoms with Gasteiger partial charge in [-0.1, -0.05) is 43.1 Å². The minimum atomic E-state index is -0.0287. The molecule has 0 spiro atoms. The van der Waals surface area contributed by atoms with E-state index in [1.54, 1.807) is 22.7 Å². The van der Waals surface area contributed by atoms with E-state index in [1.807, 2.05) is 30.3 Å². The lowest BCUT2D eigenvalue weighted by Crippen LogP contribution is -2.19. The van der Waals surface area contributed by atoms with Crippen LogP contribution in [0.15, 0.2) is 53.5 Å². The number of rotatable bonds is 4. The SMILES string of the molecule is CCCCc1nc2ccccn2c(=O)c1-c1ccc(Cl)cc1. The van der Waals surface area contributed by atoms with Crippen LogP contribution in [0.25, 0.3) is 16.8 Å². The van der Waals surface area contributed by atoms with E-state index in [2.05, 4.69) is 6.92 Å². The van der Waals surface area contributed by atoms with Gasteiger partial charge in [-0.25, -0.2) is 4.98 Å². The van der Waals surface area contributed by atoms with Crippen LogP contribution in [-0.4, -0.2) is 9.38 Å². The zero-order valence-corrected chi connectivity index (χ0v) is 13.2. The minimum Gasteiger partial charge on any atom is -0.268 e. The van der Waals surface area contributed by atoms with Gasteiger partial charge in [-0.05, 0) is 42.7 Å². The zero-order valence-electron chi connectivity index (χ0n) is 12.4. The number of hydrogen-bond donors (Lipinski definition) is 0. The molecule has 0 fully saturated rings. The summed E-state index contributed by atoms with van der Waals surface area (Å²) in [5.41, 5.74) is 3.07. The standard InChI is InChI=1S/C18H17ClN2O/c1-2-3-6-15-17(13-8-10-14(19)11-9-13)18(22)21-12-5-4-7-16(21)20-15/h4-5,7-12H,2-3,6H2,1H3. The first-order valence-electron chi connectivity index (χ1n) is 7.47. The van der Waals surface area contributed by atoms with Gasteiger partial charge in [0.2, 0.25) is 0 Å². The average molecular weight is 313 g/mol. The van der Waals surface area contributed by atoms with Crippen LogP contribution in [-0.2, 0) is 6.42 Å². The summed E-state index contributed by atoms with van der Waals surface area (Å²) >= 11 is 5.96. The van der Waals surface area contributed by atoms with E-state index in [1.165, 1.54) is 0 Å². The fourth-order valence-corrected chi connectivity index (χ4v) is 2.69. The summed E-state index contributed by atoms with van der Waals surface area (Å²) in [5.74, 6) is 0. The van der Waals surface area contributed by atoms with Gasteiger partial charge in [-0.2, -0.15) is 0 Å². The van der Waals surface area contributed by atoms with Gasteiger partial charge in [-0.15, -0.1) is 0 Å².